The van der Waals surface area contributed by atoms with E-state index < -0.39 is 12.1 Å². The first-order valence-corrected chi connectivity index (χ1v) is 8.00. The summed E-state index contributed by atoms with van der Waals surface area (Å²) in [6.07, 6.45) is 4.31. The van der Waals surface area contributed by atoms with Crippen LogP contribution in [-0.4, -0.2) is 25.2 Å². The minimum absolute atomic E-state index is 0.259. The van der Waals surface area contributed by atoms with Gasteiger partial charge in [0.15, 0.2) is 0 Å². The molecule has 0 amide bonds. The van der Waals surface area contributed by atoms with Crippen molar-refractivity contribution < 1.29 is 19.1 Å². The fourth-order valence-electron chi connectivity index (χ4n) is 3.78. The van der Waals surface area contributed by atoms with E-state index in [1.807, 2.05) is 6.08 Å². The van der Waals surface area contributed by atoms with Crippen molar-refractivity contribution in [3.8, 4) is 0 Å². The molecule has 0 saturated carbocycles. The van der Waals surface area contributed by atoms with Crippen LogP contribution >= 0.6 is 0 Å². The first kappa shape index (κ1) is 16.8. The Morgan fingerprint density at radius 3 is 2.55 bits per heavy atom. The van der Waals surface area contributed by atoms with Gasteiger partial charge in [0.1, 0.15) is 6.10 Å². The molecule has 0 unspecified atom stereocenters. The molecule has 3 atom stereocenters. The molecule has 2 aliphatic carbocycles. The summed E-state index contributed by atoms with van der Waals surface area (Å²) < 4.78 is 10.3. The van der Waals surface area contributed by atoms with Gasteiger partial charge in [0.25, 0.3) is 0 Å². The number of carbonyl (C=O) groups excluding carboxylic acids is 2. The van der Waals surface area contributed by atoms with Crippen LogP contribution in [0.4, 0.5) is 0 Å². The predicted molar refractivity (Wildman–Crippen MR) is 84.0 cm³/mol. The van der Waals surface area contributed by atoms with E-state index in [0.29, 0.717) is 23.8 Å². The van der Waals surface area contributed by atoms with Crippen LogP contribution < -0.4 is 0 Å². The van der Waals surface area contributed by atoms with E-state index in [9.17, 15) is 9.59 Å². The molecule has 4 heteroatoms. The van der Waals surface area contributed by atoms with Crippen molar-refractivity contribution in [3.63, 3.8) is 0 Å². The Hall–Kier alpha value is -1.58. The highest BCUT2D eigenvalue weighted by atomic mass is 16.6. The van der Waals surface area contributed by atoms with Gasteiger partial charge < -0.3 is 9.47 Å². The van der Waals surface area contributed by atoms with E-state index in [1.165, 1.54) is 25.2 Å². The lowest BCUT2D eigenvalue weighted by Gasteiger charge is -2.40. The van der Waals surface area contributed by atoms with Crippen LogP contribution in [0.15, 0.2) is 22.8 Å². The van der Waals surface area contributed by atoms with Gasteiger partial charge in [-0.2, -0.15) is 0 Å². The van der Waals surface area contributed by atoms with Gasteiger partial charge in [-0.3, -0.25) is 4.79 Å². The van der Waals surface area contributed by atoms with E-state index in [-0.39, 0.29) is 11.9 Å². The zero-order chi connectivity index (χ0) is 16.4. The standard InChI is InChI=1S/C18H26O4/c1-10(2)13-7-6-11(3)14-9-17(22-12(4)19)16(8-15(13)14)18(20)21-5/h8,10,13,15,17H,6-7,9H2,1-5H3/t13-,15-,17-/m0/s1. The van der Waals surface area contributed by atoms with Crippen molar-refractivity contribution in [1.29, 1.82) is 0 Å². The number of carbonyl (C=O) groups is 2. The van der Waals surface area contributed by atoms with Crippen LogP contribution in [0, 0.1) is 17.8 Å². The molecule has 0 aromatic carbocycles. The topological polar surface area (TPSA) is 52.6 Å². The van der Waals surface area contributed by atoms with Gasteiger partial charge in [0, 0.05) is 19.3 Å². The lowest BCUT2D eigenvalue weighted by molar-refractivity contribution is -0.147. The van der Waals surface area contributed by atoms with Gasteiger partial charge in [-0.15, -0.1) is 0 Å². The number of ether oxygens (including phenoxy) is 2. The predicted octanol–water partition coefficient (Wildman–Crippen LogP) is 3.42. The molecular formula is C18H26O4. The van der Waals surface area contributed by atoms with Crippen molar-refractivity contribution in [2.75, 3.05) is 7.11 Å². The van der Waals surface area contributed by atoms with Crippen LogP contribution in [0.2, 0.25) is 0 Å². The molecule has 0 aromatic heterocycles. The molecular weight excluding hydrogens is 280 g/mol. The van der Waals surface area contributed by atoms with E-state index in [4.69, 9.17) is 9.47 Å². The second-order valence-electron chi connectivity index (χ2n) is 6.69. The van der Waals surface area contributed by atoms with Crippen molar-refractivity contribution >= 4 is 11.9 Å². The number of allylic oxidation sites excluding steroid dienone is 2. The zero-order valence-electron chi connectivity index (χ0n) is 14.1. The lowest BCUT2D eigenvalue weighted by atomic mass is 9.66. The molecule has 0 radical (unpaired) electrons. The summed E-state index contributed by atoms with van der Waals surface area (Å²) in [7, 11) is 1.37. The first-order valence-electron chi connectivity index (χ1n) is 8.00. The van der Waals surface area contributed by atoms with Gasteiger partial charge in [-0.1, -0.05) is 31.1 Å². The summed E-state index contributed by atoms with van der Waals surface area (Å²) in [5.74, 6) is 0.573. The maximum Gasteiger partial charge on any atom is 0.337 e. The molecule has 0 aromatic rings. The smallest absolute Gasteiger partial charge is 0.337 e. The maximum absolute atomic E-state index is 12.1. The highest BCUT2D eigenvalue weighted by Crippen LogP contribution is 2.45. The molecule has 0 bridgehead atoms. The van der Waals surface area contributed by atoms with Crippen molar-refractivity contribution in [2.45, 2.75) is 53.1 Å². The molecule has 122 valence electrons. The first-order chi connectivity index (χ1) is 10.3. The normalized spacial score (nSPS) is 28.1. The summed E-state index contributed by atoms with van der Waals surface area (Å²) in [6.45, 7) is 7.99. The Balaban J connectivity index is 2.44. The molecule has 0 heterocycles. The molecule has 4 nitrogen and oxygen atoms in total. The molecule has 0 fully saturated rings. The average Bonchev–Trinajstić information content (AvgIpc) is 2.45. The van der Waals surface area contributed by atoms with Crippen molar-refractivity contribution in [3.05, 3.63) is 22.8 Å². The van der Waals surface area contributed by atoms with Crippen LogP contribution in [0.25, 0.3) is 0 Å². The molecule has 0 saturated heterocycles. The number of hydrogen-bond acceptors (Lipinski definition) is 4. The average molecular weight is 306 g/mol. The summed E-state index contributed by atoms with van der Waals surface area (Å²) in [5, 5.41) is 0. The highest BCUT2D eigenvalue weighted by Gasteiger charge is 2.39. The summed E-state index contributed by atoms with van der Waals surface area (Å²) in [6, 6.07) is 0. The second-order valence-corrected chi connectivity index (χ2v) is 6.69. The van der Waals surface area contributed by atoms with Crippen LogP contribution in [0.5, 0.6) is 0 Å². The number of rotatable bonds is 3. The van der Waals surface area contributed by atoms with Crippen LogP contribution in [0.3, 0.4) is 0 Å². The lowest BCUT2D eigenvalue weighted by Crippen LogP contribution is -2.35. The minimum Gasteiger partial charge on any atom is -0.466 e. The van der Waals surface area contributed by atoms with Gasteiger partial charge in [-0.05, 0) is 31.6 Å². The molecule has 22 heavy (non-hydrogen) atoms. The molecule has 0 aliphatic heterocycles. The largest absolute Gasteiger partial charge is 0.466 e. The third kappa shape index (κ3) is 3.26. The Morgan fingerprint density at radius 1 is 1.32 bits per heavy atom. The maximum atomic E-state index is 12.1. The number of esters is 2. The van der Waals surface area contributed by atoms with E-state index >= 15 is 0 Å². The Kier molecular flexibility index (Phi) is 5.09. The second kappa shape index (κ2) is 6.67. The number of methoxy groups -OCH3 is 1. The van der Waals surface area contributed by atoms with Gasteiger partial charge >= 0.3 is 11.9 Å². The molecule has 0 N–H and O–H groups in total. The molecule has 2 aliphatic rings. The van der Waals surface area contributed by atoms with Crippen molar-refractivity contribution in [1.82, 2.24) is 0 Å². The summed E-state index contributed by atoms with van der Waals surface area (Å²) in [5.41, 5.74) is 3.20. The van der Waals surface area contributed by atoms with E-state index in [0.717, 1.165) is 12.8 Å². The van der Waals surface area contributed by atoms with Gasteiger partial charge in [0.05, 0.1) is 12.7 Å². The van der Waals surface area contributed by atoms with Gasteiger partial charge in [0.2, 0.25) is 0 Å². The summed E-state index contributed by atoms with van der Waals surface area (Å²) >= 11 is 0. The zero-order valence-corrected chi connectivity index (χ0v) is 14.1. The molecule has 2 rings (SSSR count). The van der Waals surface area contributed by atoms with Crippen molar-refractivity contribution in [2.24, 2.45) is 17.8 Å². The highest BCUT2D eigenvalue weighted by molar-refractivity contribution is 5.90. The SMILES string of the molecule is COC(=O)C1=C[C@@H]2C(=C(C)CC[C@H]2C(C)C)C[C@@H]1OC(C)=O. The Labute approximate surface area is 132 Å². The number of fused-ring (bicyclic) bond motifs is 1. The quantitative estimate of drug-likeness (QED) is 0.592. The van der Waals surface area contributed by atoms with Crippen LogP contribution in [-0.2, 0) is 19.1 Å². The van der Waals surface area contributed by atoms with Crippen LogP contribution in [0.1, 0.15) is 47.0 Å². The minimum atomic E-state index is -0.517. The monoisotopic (exact) mass is 306 g/mol. The Bertz CT molecular complexity index is 527. The fourth-order valence-corrected chi connectivity index (χ4v) is 3.78. The molecule has 0 spiro atoms. The van der Waals surface area contributed by atoms with E-state index in [1.54, 1.807) is 0 Å². The number of hydrogen-bond donors (Lipinski definition) is 0. The fraction of sp³-hybridized carbons (Fsp3) is 0.667. The third-order valence-electron chi connectivity index (χ3n) is 4.96. The van der Waals surface area contributed by atoms with E-state index in [2.05, 4.69) is 20.8 Å². The Morgan fingerprint density at radius 2 is 2.00 bits per heavy atom. The third-order valence-corrected chi connectivity index (χ3v) is 4.96. The van der Waals surface area contributed by atoms with Gasteiger partial charge in [-0.25, -0.2) is 4.79 Å². The summed E-state index contributed by atoms with van der Waals surface area (Å²) in [4.78, 5) is 23.5.